The summed E-state index contributed by atoms with van der Waals surface area (Å²) in [6.07, 6.45) is -2.04. The van der Waals surface area contributed by atoms with E-state index in [1.165, 1.54) is 0 Å². The summed E-state index contributed by atoms with van der Waals surface area (Å²) in [5, 5.41) is 2.66. The summed E-state index contributed by atoms with van der Waals surface area (Å²) in [5.74, 6) is -1.50. The molecule has 1 fully saturated rings. The van der Waals surface area contributed by atoms with Gasteiger partial charge in [-0.05, 0) is 53.7 Å². The molecule has 110 valence electrons. The van der Waals surface area contributed by atoms with Crippen LogP contribution in [-0.4, -0.2) is 17.1 Å². The van der Waals surface area contributed by atoms with Gasteiger partial charge in [0.1, 0.15) is 5.82 Å². The van der Waals surface area contributed by atoms with Crippen LogP contribution in [0.4, 0.5) is 19.0 Å². The first kappa shape index (κ1) is 15.3. The van der Waals surface area contributed by atoms with Crippen molar-refractivity contribution in [2.75, 3.05) is 5.32 Å². The summed E-state index contributed by atoms with van der Waals surface area (Å²) in [6.45, 7) is 0. The minimum atomic E-state index is -4.15. The molecule has 0 bridgehead atoms. The van der Waals surface area contributed by atoms with E-state index in [1.54, 1.807) is 18.3 Å². The second kappa shape index (κ2) is 6.11. The predicted molar refractivity (Wildman–Crippen MR) is 72.1 cm³/mol. The van der Waals surface area contributed by atoms with Crippen molar-refractivity contribution in [3.63, 3.8) is 0 Å². The molecule has 0 radical (unpaired) electrons. The summed E-state index contributed by atoms with van der Waals surface area (Å²) >= 11 is 3.26. The average molecular weight is 351 g/mol. The number of pyridine rings is 1. The number of rotatable bonds is 2. The molecule has 3 nitrogen and oxygen atoms in total. The van der Waals surface area contributed by atoms with Gasteiger partial charge in [-0.25, -0.2) is 4.98 Å². The first-order valence-electron chi connectivity index (χ1n) is 6.36. The highest BCUT2D eigenvalue weighted by Crippen LogP contribution is 2.39. The molecule has 0 spiro atoms. The Kier molecular flexibility index (Phi) is 4.67. The van der Waals surface area contributed by atoms with Crippen LogP contribution in [0, 0.1) is 11.8 Å². The summed E-state index contributed by atoms with van der Waals surface area (Å²) in [5.41, 5.74) is 0. The highest BCUT2D eigenvalue weighted by Gasteiger charge is 2.42. The third kappa shape index (κ3) is 3.71. The molecule has 1 aliphatic carbocycles. The average Bonchev–Trinajstić information content (AvgIpc) is 2.40. The number of aromatic nitrogens is 1. The number of carbonyl (C=O) groups is 1. The van der Waals surface area contributed by atoms with Crippen LogP contribution in [0.25, 0.3) is 0 Å². The number of nitrogens with zero attached hydrogens (tertiary/aromatic N) is 1. The van der Waals surface area contributed by atoms with Gasteiger partial charge in [0.05, 0.1) is 10.4 Å². The maximum Gasteiger partial charge on any atom is 0.391 e. The van der Waals surface area contributed by atoms with E-state index in [9.17, 15) is 18.0 Å². The molecule has 1 aromatic rings. The van der Waals surface area contributed by atoms with E-state index in [1.807, 2.05) is 0 Å². The minimum absolute atomic E-state index is 0.0188. The van der Waals surface area contributed by atoms with Gasteiger partial charge in [-0.1, -0.05) is 0 Å². The minimum Gasteiger partial charge on any atom is -0.310 e. The monoisotopic (exact) mass is 350 g/mol. The van der Waals surface area contributed by atoms with Gasteiger partial charge in [0.2, 0.25) is 5.91 Å². The van der Waals surface area contributed by atoms with Crippen molar-refractivity contribution in [3.05, 3.63) is 22.8 Å². The molecule has 0 atom stereocenters. The Hall–Kier alpha value is -1.11. The zero-order valence-corrected chi connectivity index (χ0v) is 12.2. The lowest BCUT2D eigenvalue weighted by Crippen LogP contribution is -2.32. The second-order valence-electron chi connectivity index (χ2n) is 4.91. The molecule has 0 aromatic carbocycles. The molecule has 2 rings (SSSR count). The summed E-state index contributed by atoms with van der Waals surface area (Å²) in [6, 6.07) is 3.46. The molecular weight excluding hydrogens is 337 g/mol. The van der Waals surface area contributed by atoms with E-state index in [-0.39, 0.29) is 37.5 Å². The van der Waals surface area contributed by atoms with Crippen LogP contribution < -0.4 is 5.32 Å². The van der Waals surface area contributed by atoms with Crippen molar-refractivity contribution in [3.8, 4) is 0 Å². The maximum absolute atomic E-state index is 12.6. The third-order valence-corrected chi connectivity index (χ3v) is 4.20. The van der Waals surface area contributed by atoms with E-state index in [2.05, 4.69) is 26.2 Å². The van der Waals surface area contributed by atoms with Crippen molar-refractivity contribution in [1.29, 1.82) is 0 Å². The topological polar surface area (TPSA) is 42.0 Å². The van der Waals surface area contributed by atoms with Crippen molar-refractivity contribution >= 4 is 27.7 Å². The number of nitrogens with one attached hydrogen (secondary N) is 1. The number of amides is 1. The largest absolute Gasteiger partial charge is 0.391 e. The lowest BCUT2D eigenvalue weighted by Gasteiger charge is -2.29. The van der Waals surface area contributed by atoms with Gasteiger partial charge >= 0.3 is 6.18 Å². The van der Waals surface area contributed by atoms with Crippen LogP contribution in [0.2, 0.25) is 0 Å². The number of hydrogen-bond acceptors (Lipinski definition) is 2. The number of halogens is 4. The van der Waals surface area contributed by atoms with Crippen LogP contribution in [0.15, 0.2) is 22.8 Å². The van der Waals surface area contributed by atoms with Gasteiger partial charge in [0.25, 0.3) is 0 Å². The van der Waals surface area contributed by atoms with Crippen molar-refractivity contribution in [2.45, 2.75) is 31.9 Å². The molecule has 0 saturated heterocycles. The van der Waals surface area contributed by atoms with E-state index in [0.717, 1.165) is 0 Å². The quantitative estimate of drug-likeness (QED) is 0.870. The molecule has 1 aliphatic rings. The third-order valence-electron chi connectivity index (χ3n) is 3.56. The first-order chi connectivity index (χ1) is 9.38. The van der Waals surface area contributed by atoms with Gasteiger partial charge < -0.3 is 5.32 Å². The lowest BCUT2D eigenvalue weighted by molar-refractivity contribution is -0.184. The van der Waals surface area contributed by atoms with Crippen LogP contribution >= 0.6 is 15.9 Å². The fourth-order valence-corrected chi connectivity index (χ4v) is 2.73. The molecule has 20 heavy (non-hydrogen) atoms. The Morgan fingerprint density at radius 2 is 1.95 bits per heavy atom. The number of anilines is 1. The molecular formula is C13H14BrF3N2O. The van der Waals surface area contributed by atoms with Gasteiger partial charge in [0, 0.05) is 12.1 Å². The Morgan fingerprint density at radius 3 is 2.50 bits per heavy atom. The fraction of sp³-hybridized carbons (Fsp3) is 0.538. The summed E-state index contributed by atoms with van der Waals surface area (Å²) in [4.78, 5) is 16.0. The standard InChI is InChI=1S/C13H14BrF3N2O/c14-10-2-1-7-18-11(10)19-12(20)8-3-5-9(6-4-8)13(15,16)17/h1-2,7-9H,3-6H2,(H,18,19,20). The van der Waals surface area contributed by atoms with Crippen LogP contribution in [-0.2, 0) is 4.79 Å². The highest BCUT2D eigenvalue weighted by molar-refractivity contribution is 9.10. The van der Waals surface area contributed by atoms with Crippen molar-refractivity contribution in [2.24, 2.45) is 11.8 Å². The highest BCUT2D eigenvalue weighted by atomic mass is 79.9. The Labute approximate surface area is 123 Å². The molecule has 1 aromatic heterocycles. The zero-order chi connectivity index (χ0) is 14.8. The molecule has 1 heterocycles. The van der Waals surface area contributed by atoms with Gasteiger partial charge in [0.15, 0.2) is 0 Å². The number of carbonyl (C=O) groups excluding carboxylic acids is 1. The molecule has 1 N–H and O–H groups in total. The van der Waals surface area contributed by atoms with E-state index in [4.69, 9.17) is 0 Å². The van der Waals surface area contributed by atoms with Crippen LogP contribution in [0.1, 0.15) is 25.7 Å². The molecule has 1 saturated carbocycles. The molecule has 0 aliphatic heterocycles. The van der Waals surface area contributed by atoms with E-state index in [0.29, 0.717) is 10.3 Å². The lowest BCUT2D eigenvalue weighted by atomic mass is 9.81. The van der Waals surface area contributed by atoms with Gasteiger partial charge in [-0.3, -0.25) is 4.79 Å². The Morgan fingerprint density at radius 1 is 1.30 bits per heavy atom. The van der Waals surface area contributed by atoms with Crippen LogP contribution in [0.5, 0.6) is 0 Å². The molecule has 1 amide bonds. The Balaban J connectivity index is 1.91. The zero-order valence-electron chi connectivity index (χ0n) is 10.6. The number of hydrogen-bond donors (Lipinski definition) is 1. The van der Waals surface area contributed by atoms with Gasteiger partial charge in [-0.15, -0.1) is 0 Å². The predicted octanol–water partition coefficient (Wildman–Crippen LogP) is 4.15. The smallest absolute Gasteiger partial charge is 0.310 e. The van der Waals surface area contributed by atoms with Crippen LogP contribution in [0.3, 0.4) is 0 Å². The number of alkyl halides is 3. The van der Waals surface area contributed by atoms with Crippen molar-refractivity contribution < 1.29 is 18.0 Å². The molecule has 0 unspecified atom stereocenters. The summed E-state index contributed by atoms with van der Waals surface area (Å²) < 4.78 is 38.3. The normalized spacial score (nSPS) is 23.4. The maximum atomic E-state index is 12.6. The van der Waals surface area contributed by atoms with E-state index >= 15 is 0 Å². The fourth-order valence-electron chi connectivity index (χ4n) is 2.38. The van der Waals surface area contributed by atoms with E-state index < -0.39 is 12.1 Å². The second-order valence-corrected chi connectivity index (χ2v) is 5.77. The van der Waals surface area contributed by atoms with Gasteiger partial charge in [-0.2, -0.15) is 13.2 Å². The molecule has 7 heteroatoms. The Bertz CT molecular complexity index is 485. The summed E-state index contributed by atoms with van der Waals surface area (Å²) in [7, 11) is 0. The SMILES string of the molecule is O=C(Nc1ncccc1Br)C1CCC(C(F)(F)F)CC1. The van der Waals surface area contributed by atoms with Crippen molar-refractivity contribution in [1.82, 2.24) is 4.98 Å². The first-order valence-corrected chi connectivity index (χ1v) is 7.15.